The van der Waals surface area contributed by atoms with Gasteiger partial charge in [0.25, 0.3) is 5.91 Å². The molecule has 2 heterocycles. The number of hydrogen-bond acceptors (Lipinski definition) is 4. The summed E-state index contributed by atoms with van der Waals surface area (Å²) < 4.78 is 0.712. The Hall–Kier alpha value is -2.41. The Kier molecular flexibility index (Phi) is 5.79. The molecule has 2 N–H and O–H groups in total. The van der Waals surface area contributed by atoms with Crippen LogP contribution in [0.2, 0.25) is 0 Å². The molecule has 1 aliphatic heterocycles. The van der Waals surface area contributed by atoms with Gasteiger partial charge in [0.05, 0.1) is 4.47 Å². The Bertz CT molecular complexity index is 871. The molecular formula is C20H23BrN4O2. The highest BCUT2D eigenvalue weighted by molar-refractivity contribution is 9.10. The number of carbonyl (C=O) groups is 2. The zero-order valence-corrected chi connectivity index (χ0v) is 17.1. The van der Waals surface area contributed by atoms with E-state index < -0.39 is 6.04 Å². The molecule has 142 valence electrons. The monoisotopic (exact) mass is 430 g/mol. The summed E-state index contributed by atoms with van der Waals surface area (Å²) in [4.78, 5) is 33.3. The minimum atomic E-state index is -0.391. The molecule has 2 amide bonds. The molecule has 0 spiro atoms. The van der Waals surface area contributed by atoms with Gasteiger partial charge < -0.3 is 15.5 Å². The Labute approximate surface area is 167 Å². The van der Waals surface area contributed by atoms with Crippen molar-refractivity contribution in [2.75, 3.05) is 25.9 Å². The average molecular weight is 431 g/mol. The molecule has 27 heavy (non-hydrogen) atoms. The lowest BCUT2D eigenvalue weighted by Gasteiger charge is -2.39. The summed E-state index contributed by atoms with van der Waals surface area (Å²) in [6.07, 6.45) is 3.20. The number of carbonyl (C=O) groups excluding carboxylic acids is 2. The van der Waals surface area contributed by atoms with Gasteiger partial charge in [-0.15, -0.1) is 0 Å². The number of halogens is 1. The van der Waals surface area contributed by atoms with Gasteiger partial charge in [0, 0.05) is 37.5 Å². The van der Waals surface area contributed by atoms with Gasteiger partial charge in [-0.2, -0.15) is 0 Å². The highest BCUT2D eigenvalue weighted by Crippen LogP contribution is 2.27. The highest BCUT2D eigenvalue weighted by atomic mass is 79.9. The van der Waals surface area contributed by atoms with Gasteiger partial charge in [-0.1, -0.05) is 25.5 Å². The molecule has 1 aliphatic rings. The second-order valence-corrected chi connectivity index (χ2v) is 7.59. The number of aromatic nitrogens is 1. The Morgan fingerprint density at radius 2 is 2.07 bits per heavy atom. The van der Waals surface area contributed by atoms with E-state index in [1.807, 2.05) is 31.2 Å². The molecule has 1 saturated heterocycles. The van der Waals surface area contributed by atoms with Gasteiger partial charge in [-0.25, -0.2) is 4.98 Å². The maximum absolute atomic E-state index is 13.2. The maximum atomic E-state index is 13.2. The molecule has 3 rings (SSSR count). The number of anilines is 1. The SMILES string of the molecule is CCCC1C(=O)N(C)CCN1C(=O)c1cccc(-c2cnc(N)c(Br)c2)c1. The van der Waals surface area contributed by atoms with Crippen LogP contribution in [0.1, 0.15) is 30.1 Å². The fourth-order valence-corrected chi connectivity index (χ4v) is 3.66. The highest BCUT2D eigenvalue weighted by Gasteiger charge is 2.35. The third-order valence-corrected chi connectivity index (χ3v) is 5.48. The fourth-order valence-electron chi connectivity index (χ4n) is 3.31. The van der Waals surface area contributed by atoms with Crippen LogP contribution in [0.5, 0.6) is 0 Å². The second kappa shape index (κ2) is 8.08. The molecule has 1 fully saturated rings. The van der Waals surface area contributed by atoms with Crippen molar-refractivity contribution < 1.29 is 9.59 Å². The first kappa shape index (κ1) is 19.4. The van der Waals surface area contributed by atoms with E-state index in [-0.39, 0.29) is 11.8 Å². The number of likely N-dealkylation sites (N-methyl/N-ethyl adjacent to an activating group) is 1. The van der Waals surface area contributed by atoms with Gasteiger partial charge in [-0.05, 0) is 46.1 Å². The van der Waals surface area contributed by atoms with Gasteiger partial charge in [0.15, 0.2) is 0 Å². The third-order valence-electron chi connectivity index (χ3n) is 4.85. The van der Waals surface area contributed by atoms with Crippen molar-refractivity contribution in [1.29, 1.82) is 0 Å². The Morgan fingerprint density at radius 1 is 1.30 bits per heavy atom. The summed E-state index contributed by atoms with van der Waals surface area (Å²) in [6.45, 7) is 3.13. The number of pyridine rings is 1. The van der Waals surface area contributed by atoms with Crippen molar-refractivity contribution >= 4 is 33.6 Å². The molecule has 0 radical (unpaired) electrons. The van der Waals surface area contributed by atoms with Crippen molar-refractivity contribution in [1.82, 2.24) is 14.8 Å². The van der Waals surface area contributed by atoms with E-state index in [0.717, 1.165) is 17.5 Å². The van der Waals surface area contributed by atoms with Crippen LogP contribution in [0.15, 0.2) is 41.0 Å². The lowest BCUT2D eigenvalue weighted by molar-refractivity contribution is -0.138. The van der Waals surface area contributed by atoms with E-state index in [1.54, 1.807) is 29.1 Å². The summed E-state index contributed by atoms with van der Waals surface area (Å²) in [6, 6.07) is 8.89. The van der Waals surface area contributed by atoms with Gasteiger partial charge >= 0.3 is 0 Å². The van der Waals surface area contributed by atoms with Gasteiger partial charge in [-0.3, -0.25) is 9.59 Å². The van der Waals surface area contributed by atoms with E-state index in [9.17, 15) is 9.59 Å². The molecule has 0 bridgehead atoms. The minimum Gasteiger partial charge on any atom is -0.383 e. The normalized spacial score (nSPS) is 17.3. The zero-order valence-electron chi connectivity index (χ0n) is 15.5. The molecule has 7 heteroatoms. The van der Waals surface area contributed by atoms with Crippen LogP contribution in [0.3, 0.4) is 0 Å². The largest absolute Gasteiger partial charge is 0.383 e. The van der Waals surface area contributed by atoms with Crippen molar-refractivity contribution in [3.05, 3.63) is 46.6 Å². The topological polar surface area (TPSA) is 79.5 Å². The summed E-state index contributed by atoms with van der Waals surface area (Å²) in [7, 11) is 1.79. The molecule has 1 aromatic carbocycles. The number of piperazine rings is 1. The number of nitrogen functional groups attached to an aromatic ring is 1. The molecule has 6 nitrogen and oxygen atoms in total. The van der Waals surface area contributed by atoms with Crippen molar-refractivity contribution in [3.8, 4) is 11.1 Å². The lowest BCUT2D eigenvalue weighted by Crippen LogP contribution is -2.57. The molecule has 1 unspecified atom stereocenters. The summed E-state index contributed by atoms with van der Waals surface area (Å²) in [5, 5.41) is 0. The van der Waals surface area contributed by atoms with Crippen molar-refractivity contribution in [2.45, 2.75) is 25.8 Å². The van der Waals surface area contributed by atoms with E-state index in [4.69, 9.17) is 5.73 Å². The quantitative estimate of drug-likeness (QED) is 0.807. The van der Waals surface area contributed by atoms with E-state index in [2.05, 4.69) is 20.9 Å². The first-order valence-electron chi connectivity index (χ1n) is 8.99. The van der Waals surface area contributed by atoms with Gasteiger partial charge in [0.2, 0.25) is 5.91 Å². The standard InChI is InChI=1S/C20H23BrN4O2/c1-3-5-17-20(27)24(2)8-9-25(17)19(26)14-7-4-6-13(10-14)15-11-16(21)18(22)23-12-15/h4,6-7,10-12,17H,3,5,8-9H2,1-2H3,(H2,22,23). The molecule has 1 atom stereocenters. The molecular weight excluding hydrogens is 408 g/mol. The number of nitrogens with zero attached hydrogens (tertiary/aromatic N) is 3. The van der Waals surface area contributed by atoms with Crippen LogP contribution >= 0.6 is 15.9 Å². The summed E-state index contributed by atoms with van der Waals surface area (Å²) in [5.41, 5.74) is 8.07. The zero-order chi connectivity index (χ0) is 19.6. The van der Waals surface area contributed by atoms with Crippen LogP contribution in [-0.4, -0.2) is 52.8 Å². The molecule has 1 aromatic heterocycles. The maximum Gasteiger partial charge on any atom is 0.254 e. The predicted octanol–water partition coefficient (Wildman–Crippen LogP) is 3.18. The van der Waals surface area contributed by atoms with Crippen LogP contribution in [0.25, 0.3) is 11.1 Å². The molecule has 0 aliphatic carbocycles. The minimum absolute atomic E-state index is 0.0132. The van der Waals surface area contributed by atoms with Crippen molar-refractivity contribution in [2.24, 2.45) is 0 Å². The van der Waals surface area contributed by atoms with Crippen LogP contribution < -0.4 is 5.73 Å². The third kappa shape index (κ3) is 3.98. The fraction of sp³-hybridized carbons (Fsp3) is 0.350. The van der Waals surface area contributed by atoms with E-state index in [0.29, 0.717) is 35.4 Å². The number of rotatable bonds is 4. The van der Waals surface area contributed by atoms with Gasteiger partial charge in [0.1, 0.15) is 11.9 Å². The first-order chi connectivity index (χ1) is 12.9. The Morgan fingerprint density at radius 3 is 2.78 bits per heavy atom. The van der Waals surface area contributed by atoms with Crippen molar-refractivity contribution in [3.63, 3.8) is 0 Å². The average Bonchev–Trinajstić information content (AvgIpc) is 2.67. The lowest BCUT2D eigenvalue weighted by atomic mass is 10.0. The van der Waals surface area contributed by atoms with E-state index >= 15 is 0 Å². The van der Waals surface area contributed by atoms with Crippen LogP contribution in [-0.2, 0) is 4.79 Å². The molecule has 0 saturated carbocycles. The van der Waals surface area contributed by atoms with Crippen LogP contribution in [0, 0.1) is 0 Å². The molecule has 2 aromatic rings. The summed E-state index contributed by atoms with van der Waals surface area (Å²) >= 11 is 3.39. The first-order valence-corrected chi connectivity index (χ1v) is 9.79. The predicted molar refractivity (Wildman–Crippen MR) is 109 cm³/mol. The number of amides is 2. The number of hydrogen-bond donors (Lipinski definition) is 1. The van der Waals surface area contributed by atoms with E-state index in [1.165, 1.54) is 0 Å². The number of benzene rings is 1. The second-order valence-electron chi connectivity index (χ2n) is 6.73. The summed E-state index contributed by atoms with van der Waals surface area (Å²) in [5.74, 6) is 0.322. The Balaban J connectivity index is 1.90. The number of nitrogens with two attached hydrogens (primary N) is 1. The van der Waals surface area contributed by atoms with Crippen LogP contribution in [0.4, 0.5) is 5.82 Å². The smallest absolute Gasteiger partial charge is 0.254 e.